The Kier molecular flexibility index (Phi) is 4.09. The Balaban J connectivity index is 1.96. The number of rotatable bonds is 3. The molecule has 1 aliphatic heterocycles. The number of nitro groups is 1. The fourth-order valence-corrected chi connectivity index (χ4v) is 2.63. The summed E-state index contributed by atoms with van der Waals surface area (Å²) in [6.45, 7) is 1.63. The average Bonchev–Trinajstić information content (AvgIpc) is 2.86. The highest BCUT2D eigenvalue weighted by Crippen LogP contribution is 2.24. The molecule has 0 saturated carbocycles. The van der Waals surface area contributed by atoms with Gasteiger partial charge < -0.3 is 4.90 Å². The van der Waals surface area contributed by atoms with Crippen LogP contribution in [0, 0.1) is 10.1 Å². The molecule has 18 heavy (non-hydrogen) atoms. The smallest absolute Gasteiger partial charge is 0.324 e. The summed E-state index contributed by atoms with van der Waals surface area (Å²) in [5.74, 6) is -0.00856. The number of amides is 1. The number of carbonyl (C=O) groups is 1. The number of hydrogen-bond acceptors (Lipinski definition) is 4. The van der Waals surface area contributed by atoms with Crippen molar-refractivity contribution < 1.29 is 9.72 Å². The van der Waals surface area contributed by atoms with E-state index >= 15 is 0 Å². The first-order valence-electron chi connectivity index (χ1n) is 5.88. The summed E-state index contributed by atoms with van der Waals surface area (Å²) < 4.78 is 0. The lowest BCUT2D eigenvalue weighted by atomic mass is 10.1. The van der Waals surface area contributed by atoms with E-state index in [4.69, 9.17) is 0 Å². The molecule has 0 bridgehead atoms. The number of likely N-dealkylation sites (tertiary alicyclic amines) is 1. The molecule has 0 aliphatic carbocycles. The first-order chi connectivity index (χ1) is 8.66. The molecule has 2 rings (SSSR count). The van der Waals surface area contributed by atoms with E-state index in [2.05, 4.69) is 0 Å². The molecule has 2 heterocycles. The number of nitrogens with zero attached hydrogens (tertiary/aromatic N) is 2. The van der Waals surface area contributed by atoms with E-state index in [0.717, 1.165) is 42.1 Å². The van der Waals surface area contributed by atoms with E-state index in [1.807, 2.05) is 4.90 Å². The molecule has 6 heteroatoms. The van der Waals surface area contributed by atoms with Gasteiger partial charge in [0.1, 0.15) is 0 Å². The molecule has 0 aromatic carbocycles. The van der Waals surface area contributed by atoms with E-state index in [1.54, 1.807) is 12.1 Å². The third kappa shape index (κ3) is 3.16. The Bertz CT molecular complexity index is 475. The van der Waals surface area contributed by atoms with Gasteiger partial charge in [0.15, 0.2) is 0 Å². The van der Waals surface area contributed by atoms with Crippen molar-refractivity contribution in [1.29, 1.82) is 0 Å². The summed E-state index contributed by atoms with van der Waals surface area (Å²) in [5.41, 5.74) is 0. The van der Waals surface area contributed by atoms with E-state index in [-0.39, 0.29) is 10.9 Å². The second-order valence-corrected chi connectivity index (χ2v) is 5.25. The van der Waals surface area contributed by atoms with Crippen molar-refractivity contribution in [2.24, 2.45) is 0 Å². The first kappa shape index (κ1) is 12.8. The molecule has 96 valence electrons. The summed E-state index contributed by atoms with van der Waals surface area (Å²) in [6.07, 6.45) is 6.45. The van der Waals surface area contributed by atoms with Crippen LogP contribution in [0.5, 0.6) is 0 Å². The summed E-state index contributed by atoms with van der Waals surface area (Å²) in [7, 11) is 0. The van der Waals surface area contributed by atoms with Crippen molar-refractivity contribution >= 4 is 28.3 Å². The molecule has 5 nitrogen and oxygen atoms in total. The molecule has 1 amide bonds. The molecule has 1 aliphatic rings. The molecule has 0 radical (unpaired) electrons. The normalized spacial score (nSPS) is 16.1. The summed E-state index contributed by atoms with van der Waals surface area (Å²) in [5, 5.41) is 10.6. The molecule has 0 N–H and O–H groups in total. The number of thiophene rings is 1. The van der Waals surface area contributed by atoms with Gasteiger partial charge in [-0.05, 0) is 31.4 Å². The van der Waals surface area contributed by atoms with Gasteiger partial charge in [-0.15, -0.1) is 0 Å². The highest BCUT2D eigenvalue weighted by atomic mass is 32.1. The molecule has 1 aromatic rings. The van der Waals surface area contributed by atoms with Crippen LogP contribution < -0.4 is 0 Å². The van der Waals surface area contributed by atoms with E-state index in [9.17, 15) is 14.9 Å². The predicted molar refractivity (Wildman–Crippen MR) is 70.4 cm³/mol. The summed E-state index contributed by atoms with van der Waals surface area (Å²) >= 11 is 1.07. The molecule has 1 saturated heterocycles. The van der Waals surface area contributed by atoms with E-state index < -0.39 is 4.92 Å². The van der Waals surface area contributed by atoms with Gasteiger partial charge in [-0.3, -0.25) is 14.9 Å². The van der Waals surface area contributed by atoms with Gasteiger partial charge in [0.05, 0.1) is 4.92 Å². The Morgan fingerprint density at radius 2 is 2.06 bits per heavy atom. The zero-order valence-corrected chi connectivity index (χ0v) is 10.7. The lowest BCUT2D eigenvalue weighted by Gasteiger charge is -2.25. The Morgan fingerprint density at radius 1 is 1.33 bits per heavy atom. The second kappa shape index (κ2) is 5.77. The van der Waals surface area contributed by atoms with Crippen molar-refractivity contribution in [1.82, 2.24) is 4.90 Å². The monoisotopic (exact) mass is 266 g/mol. The quantitative estimate of drug-likeness (QED) is 0.480. The van der Waals surface area contributed by atoms with Crippen LogP contribution in [0.25, 0.3) is 6.08 Å². The van der Waals surface area contributed by atoms with Crippen LogP contribution in [0.2, 0.25) is 0 Å². The minimum absolute atomic E-state index is 0.00856. The van der Waals surface area contributed by atoms with E-state index in [0.29, 0.717) is 0 Å². The van der Waals surface area contributed by atoms with Crippen molar-refractivity contribution in [2.75, 3.05) is 13.1 Å². The molecule has 0 atom stereocenters. The summed E-state index contributed by atoms with van der Waals surface area (Å²) in [4.78, 5) is 24.5. The lowest BCUT2D eigenvalue weighted by molar-refractivity contribution is -0.380. The van der Waals surface area contributed by atoms with Gasteiger partial charge in [0.2, 0.25) is 5.91 Å². The Labute approximate surface area is 109 Å². The topological polar surface area (TPSA) is 63.4 Å². The van der Waals surface area contributed by atoms with Crippen LogP contribution in [0.4, 0.5) is 5.00 Å². The first-order valence-corrected chi connectivity index (χ1v) is 6.70. The summed E-state index contributed by atoms with van der Waals surface area (Å²) in [6, 6.07) is 3.11. The van der Waals surface area contributed by atoms with Crippen molar-refractivity contribution in [2.45, 2.75) is 19.3 Å². The Morgan fingerprint density at radius 3 is 2.67 bits per heavy atom. The maximum absolute atomic E-state index is 11.8. The van der Waals surface area contributed by atoms with Crippen LogP contribution in [-0.4, -0.2) is 28.8 Å². The van der Waals surface area contributed by atoms with Crippen molar-refractivity contribution in [3.05, 3.63) is 33.2 Å². The van der Waals surface area contributed by atoms with Crippen LogP contribution in [0.3, 0.4) is 0 Å². The fourth-order valence-electron chi connectivity index (χ4n) is 1.90. The van der Waals surface area contributed by atoms with Gasteiger partial charge in [-0.2, -0.15) is 0 Å². The second-order valence-electron chi connectivity index (χ2n) is 4.15. The van der Waals surface area contributed by atoms with Crippen LogP contribution in [-0.2, 0) is 4.79 Å². The number of piperidine rings is 1. The minimum Gasteiger partial charge on any atom is -0.339 e. The molecule has 1 fully saturated rings. The van der Waals surface area contributed by atoms with Crippen molar-refractivity contribution in [3.63, 3.8) is 0 Å². The SMILES string of the molecule is O=C(/C=C/c1ccc([N+](=O)[O-])s1)N1CCCCC1. The zero-order chi connectivity index (χ0) is 13.0. The van der Waals surface area contributed by atoms with Gasteiger partial charge in [-0.25, -0.2) is 0 Å². The fraction of sp³-hybridized carbons (Fsp3) is 0.417. The molecule has 0 unspecified atom stereocenters. The van der Waals surface area contributed by atoms with Crippen LogP contribution in [0.1, 0.15) is 24.1 Å². The van der Waals surface area contributed by atoms with Gasteiger partial charge >= 0.3 is 5.00 Å². The van der Waals surface area contributed by atoms with Crippen LogP contribution >= 0.6 is 11.3 Å². The molecular weight excluding hydrogens is 252 g/mol. The van der Waals surface area contributed by atoms with Gasteiger partial charge in [-0.1, -0.05) is 11.3 Å². The molecule has 1 aromatic heterocycles. The highest BCUT2D eigenvalue weighted by molar-refractivity contribution is 7.16. The average molecular weight is 266 g/mol. The van der Waals surface area contributed by atoms with Gasteiger partial charge in [0.25, 0.3) is 0 Å². The van der Waals surface area contributed by atoms with Crippen LogP contribution in [0.15, 0.2) is 18.2 Å². The highest BCUT2D eigenvalue weighted by Gasteiger charge is 2.14. The molecular formula is C12H14N2O3S. The Hall–Kier alpha value is -1.69. The predicted octanol–water partition coefficient (Wildman–Crippen LogP) is 2.68. The number of hydrogen-bond donors (Lipinski definition) is 0. The van der Waals surface area contributed by atoms with Crippen molar-refractivity contribution in [3.8, 4) is 0 Å². The third-order valence-electron chi connectivity index (χ3n) is 2.85. The largest absolute Gasteiger partial charge is 0.339 e. The maximum atomic E-state index is 11.8. The standard InChI is InChI=1S/C12H14N2O3S/c15-11(13-8-2-1-3-9-13)6-4-10-5-7-12(18-10)14(16)17/h4-7H,1-3,8-9H2/b6-4+. The van der Waals surface area contributed by atoms with E-state index in [1.165, 1.54) is 18.6 Å². The van der Waals surface area contributed by atoms with Gasteiger partial charge in [0, 0.05) is 30.1 Å². The number of carbonyl (C=O) groups excluding carboxylic acids is 1. The molecule has 0 spiro atoms. The maximum Gasteiger partial charge on any atom is 0.324 e. The lowest BCUT2D eigenvalue weighted by Crippen LogP contribution is -2.34. The third-order valence-corrected chi connectivity index (χ3v) is 3.85. The zero-order valence-electron chi connectivity index (χ0n) is 9.87. The minimum atomic E-state index is -0.422.